The molecule has 3 aromatic heterocycles. The van der Waals surface area contributed by atoms with E-state index in [0.29, 0.717) is 23.5 Å². The Bertz CT molecular complexity index is 1040. The number of thiophene rings is 1. The first-order valence-corrected chi connectivity index (χ1v) is 12.0. The highest BCUT2D eigenvalue weighted by atomic mass is 32.1. The number of carbonyl (C=O) groups is 1. The Hall–Kier alpha value is -2.58. The maximum atomic E-state index is 12.9. The van der Waals surface area contributed by atoms with Crippen LogP contribution in [0, 0.1) is 12.8 Å². The summed E-state index contributed by atoms with van der Waals surface area (Å²) in [6.07, 6.45) is 9.66. The van der Waals surface area contributed by atoms with Crippen LogP contribution in [-0.2, 0) is 0 Å². The van der Waals surface area contributed by atoms with Crippen LogP contribution in [0.15, 0.2) is 36.0 Å². The van der Waals surface area contributed by atoms with Crippen molar-refractivity contribution in [3.63, 3.8) is 0 Å². The Balaban J connectivity index is 1.29. The largest absolute Gasteiger partial charge is 0.352 e. The van der Waals surface area contributed by atoms with Crippen LogP contribution in [-0.4, -0.2) is 56.2 Å². The SMILES string of the molecule is Cc1c(C(=O)NC[C@@H]2CCCN3CCCC[C@H]23)cnn1-c1nccc(-c2cccs2)n1. The van der Waals surface area contributed by atoms with Crippen molar-refractivity contribution in [3.05, 3.63) is 47.2 Å². The summed E-state index contributed by atoms with van der Waals surface area (Å²) in [6.45, 7) is 5.05. The average molecular weight is 437 g/mol. The van der Waals surface area contributed by atoms with Crippen LogP contribution in [0.1, 0.15) is 48.2 Å². The number of fused-ring (bicyclic) bond motifs is 1. The highest BCUT2D eigenvalue weighted by Gasteiger charge is 2.33. The molecule has 5 rings (SSSR count). The molecular weight excluding hydrogens is 408 g/mol. The lowest BCUT2D eigenvalue weighted by atomic mass is 9.83. The van der Waals surface area contributed by atoms with Crippen molar-refractivity contribution in [2.75, 3.05) is 19.6 Å². The minimum absolute atomic E-state index is 0.0638. The maximum Gasteiger partial charge on any atom is 0.254 e. The zero-order chi connectivity index (χ0) is 21.2. The number of aromatic nitrogens is 4. The first kappa shape index (κ1) is 20.3. The second kappa shape index (κ2) is 8.88. The van der Waals surface area contributed by atoms with E-state index in [1.165, 1.54) is 45.2 Å². The topological polar surface area (TPSA) is 75.9 Å². The molecule has 162 valence electrons. The Morgan fingerprint density at radius 1 is 1.23 bits per heavy atom. The van der Waals surface area contributed by atoms with Crippen LogP contribution in [0.4, 0.5) is 0 Å². The van der Waals surface area contributed by atoms with Gasteiger partial charge in [-0.1, -0.05) is 12.5 Å². The lowest BCUT2D eigenvalue weighted by Crippen LogP contribution is -2.51. The number of amides is 1. The van der Waals surface area contributed by atoms with Gasteiger partial charge in [0, 0.05) is 18.8 Å². The number of piperidine rings is 2. The van der Waals surface area contributed by atoms with Gasteiger partial charge < -0.3 is 10.2 Å². The standard InChI is InChI=1S/C23H28N6OS/c1-16-18(22(30)25-14-17-6-4-12-28-11-3-2-7-20(17)28)15-26-29(16)23-24-10-9-19(27-23)21-8-5-13-31-21/h5,8-10,13,15,17,20H,2-4,6-7,11-12,14H2,1H3,(H,25,30)/t17-,20+/m0/s1. The molecule has 0 unspecified atom stereocenters. The summed E-state index contributed by atoms with van der Waals surface area (Å²) < 4.78 is 1.65. The molecule has 2 atom stereocenters. The molecule has 1 N–H and O–H groups in total. The second-order valence-corrected chi connectivity index (χ2v) is 9.43. The number of hydrogen-bond acceptors (Lipinski definition) is 6. The van der Waals surface area contributed by atoms with Crippen molar-refractivity contribution in [2.45, 2.75) is 45.1 Å². The van der Waals surface area contributed by atoms with Gasteiger partial charge in [-0.25, -0.2) is 14.6 Å². The Labute approximate surface area is 186 Å². The third kappa shape index (κ3) is 4.14. The van der Waals surface area contributed by atoms with Gasteiger partial charge in [0.25, 0.3) is 11.9 Å². The van der Waals surface area contributed by atoms with Crippen LogP contribution in [0.3, 0.4) is 0 Å². The molecule has 5 heterocycles. The van der Waals surface area contributed by atoms with E-state index in [2.05, 4.69) is 25.3 Å². The Morgan fingerprint density at radius 3 is 3.00 bits per heavy atom. The minimum Gasteiger partial charge on any atom is -0.352 e. The van der Waals surface area contributed by atoms with Crippen LogP contribution < -0.4 is 5.32 Å². The third-order valence-corrected chi connectivity index (χ3v) is 7.51. The van der Waals surface area contributed by atoms with E-state index in [1.807, 2.05) is 30.5 Å². The van der Waals surface area contributed by atoms with E-state index in [1.54, 1.807) is 28.4 Å². The van der Waals surface area contributed by atoms with Gasteiger partial charge in [0.2, 0.25) is 0 Å². The fourth-order valence-electron chi connectivity index (χ4n) is 4.98. The van der Waals surface area contributed by atoms with Gasteiger partial charge in [-0.3, -0.25) is 4.79 Å². The summed E-state index contributed by atoms with van der Waals surface area (Å²) in [5.41, 5.74) is 2.19. The number of carbonyl (C=O) groups excluding carboxylic acids is 1. The smallest absolute Gasteiger partial charge is 0.254 e. The molecule has 8 heteroatoms. The molecule has 2 aliphatic heterocycles. The van der Waals surface area contributed by atoms with E-state index < -0.39 is 0 Å². The van der Waals surface area contributed by atoms with E-state index in [4.69, 9.17) is 0 Å². The summed E-state index contributed by atoms with van der Waals surface area (Å²) in [6, 6.07) is 6.55. The van der Waals surface area contributed by atoms with Gasteiger partial charge in [0.1, 0.15) is 0 Å². The quantitative estimate of drug-likeness (QED) is 0.660. The summed E-state index contributed by atoms with van der Waals surface area (Å²) in [5, 5.41) is 9.62. The van der Waals surface area contributed by atoms with Crippen molar-refractivity contribution < 1.29 is 4.79 Å². The van der Waals surface area contributed by atoms with Crippen molar-refractivity contribution in [2.24, 2.45) is 5.92 Å². The zero-order valence-electron chi connectivity index (χ0n) is 17.8. The highest BCUT2D eigenvalue weighted by molar-refractivity contribution is 7.13. The number of nitrogens with one attached hydrogen (secondary N) is 1. The Kier molecular flexibility index (Phi) is 5.82. The molecule has 0 saturated carbocycles. The molecule has 0 spiro atoms. The van der Waals surface area contributed by atoms with E-state index >= 15 is 0 Å². The lowest BCUT2D eigenvalue weighted by Gasteiger charge is -2.44. The molecule has 0 bridgehead atoms. The van der Waals surface area contributed by atoms with E-state index in [-0.39, 0.29) is 5.91 Å². The molecule has 2 saturated heterocycles. The molecule has 3 aromatic rings. The van der Waals surface area contributed by atoms with Crippen molar-refractivity contribution in [1.82, 2.24) is 30.0 Å². The first-order valence-electron chi connectivity index (χ1n) is 11.1. The van der Waals surface area contributed by atoms with E-state index in [9.17, 15) is 4.79 Å². The molecule has 0 aromatic carbocycles. The van der Waals surface area contributed by atoms with Crippen molar-refractivity contribution >= 4 is 17.2 Å². The molecule has 7 nitrogen and oxygen atoms in total. The summed E-state index contributed by atoms with van der Waals surface area (Å²) >= 11 is 1.63. The lowest BCUT2D eigenvalue weighted by molar-refractivity contribution is 0.0575. The molecule has 0 radical (unpaired) electrons. The van der Waals surface area contributed by atoms with Gasteiger partial charge >= 0.3 is 0 Å². The monoisotopic (exact) mass is 436 g/mol. The maximum absolute atomic E-state index is 12.9. The molecule has 0 aliphatic carbocycles. The normalized spacial score (nSPS) is 21.6. The Morgan fingerprint density at radius 2 is 2.13 bits per heavy atom. The van der Waals surface area contributed by atoms with Crippen LogP contribution in [0.25, 0.3) is 16.5 Å². The zero-order valence-corrected chi connectivity index (χ0v) is 18.6. The van der Waals surface area contributed by atoms with Gasteiger partial charge in [-0.2, -0.15) is 5.10 Å². The molecule has 31 heavy (non-hydrogen) atoms. The van der Waals surface area contributed by atoms with Gasteiger partial charge in [-0.05, 0) is 69.1 Å². The molecular formula is C23H28N6OS. The van der Waals surface area contributed by atoms with Crippen molar-refractivity contribution in [1.29, 1.82) is 0 Å². The molecule has 2 fully saturated rings. The molecule has 1 amide bonds. The van der Waals surface area contributed by atoms with Crippen molar-refractivity contribution in [3.8, 4) is 16.5 Å². The van der Waals surface area contributed by atoms with Gasteiger partial charge in [0.05, 0.1) is 28.0 Å². The summed E-state index contributed by atoms with van der Waals surface area (Å²) in [5.74, 6) is 0.956. The van der Waals surface area contributed by atoms with Gasteiger partial charge in [0.15, 0.2) is 0 Å². The number of hydrogen-bond donors (Lipinski definition) is 1. The fourth-order valence-corrected chi connectivity index (χ4v) is 5.68. The average Bonchev–Trinajstić information content (AvgIpc) is 3.48. The predicted molar refractivity (Wildman–Crippen MR) is 121 cm³/mol. The highest BCUT2D eigenvalue weighted by Crippen LogP contribution is 2.30. The fraction of sp³-hybridized carbons (Fsp3) is 0.478. The van der Waals surface area contributed by atoms with E-state index in [0.717, 1.165) is 22.8 Å². The first-order chi connectivity index (χ1) is 15.2. The molecule has 2 aliphatic rings. The number of nitrogens with zero attached hydrogens (tertiary/aromatic N) is 5. The number of rotatable bonds is 5. The third-order valence-electron chi connectivity index (χ3n) is 6.61. The summed E-state index contributed by atoms with van der Waals surface area (Å²) in [4.78, 5) is 25.7. The summed E-state index contributed by atoms with van der Waals surface area (Å²) in [7, 11) is 0. The second-order valence-electron chi connectivity index (χ2n) is 8.49. The van der Waals surface area contributed by atoms with Crippen LogP contribution >= 0.6 is 11.3 Å². The van der Waals surface area contributed by atoms with Gasteiger partial charge in [-0.15, -0.1) is 11.3 Å². The minimum atomic E-state index is -0.0638. The van der Waals surface area contributed by atoms with Crippen LogP contribution in [0.5, 0.6) is 0 Å². The van der Waals surface area contributed by atoms with Crippen LogP contribution in [0.2, 0.25) is 0 Å². The predicted octanol–water partition coefficient (Wildman–Crippen LogP) is 3.69.